The highest BCUT2D eigenvalue weighted by Crippen LogP contribution is 2.32. The maximum absolute atomic E-state index is 13.1. The first kappa shape index (κ1) is 10.0. The lowest BCUT2D eigenvalue weighted by molar-refractivity contribution is 0.340. The molecule has 0 aliphatic carbocycles. The van der Waals surface area contributed by atoms with E-state index in [0.717, 1.165) is 22.3 Å². The van der Waals surface area contributed by atoms with Crippen molar-refractivity contribution in [2.45, 2.75) is 13.8 Å². The van der Waals surface area contributed by atoms with Crippen molar-refractivity contribution < 1.29 is 9.13 Å². The molecular formula is C12H14FNO. The summed E-state index contributed by atoms with van der Waals surface area (Å²) in [6.07, 6.45) is 0. The van der Waals surface area contributed by atoms with E-state index in [1.165, 1.54) is 12.1 Å². The molecule has 3 heteroatoms. The van der Waals surface area contributed by atoms with Crippen LogP contribution in [-0.4, -0.2) is 11.2 Å². The summed E-state index contributed by atoms with van der Waals surface area (Å²) in [5.41, 5.74) is 2.02. The Labute approximate surface area is 88.3 Å². The fourth-order valence-electron chi connectivity index (χ4n) is 1.84. The van der Waals surface area contributed by atoms with E-state index in [0.29, 0.717) is 6.61 Å². The van der Waals surface area contributed by atoms with Gasteiger partial charge in [-0.1, -0.05) is 0 Å². The van der Waals surface area contributed by atoms with Crippen molar-refractivity contribution in [1.82, 2.24) is 4.57 Å². The third kappa shape index (κ3) is 1.48. The van der Waals surface area contributed by atoms with Crippen molar-refractivity contribution in [2.24, 2.45) is 7.05 Å². The van der Waals surface area contributed by atoms with Crippen molar-refractivity contribution in [1.29, 1.82) is 0 Å². The van der Waals surface area contributed by atoms with Crippen LogP contribution < -0.4 is 4.74 Å². The zero-order valence-corrected chi connectivity index (χ0v) is 9.17. The Hall–Kier alpha value is -1.51. The Morgan fingerprint density at radius 2 is 2.13 bits per heavy atom. The fraction of sp³-hybridized carbons (Fsp3) is 0.333. The summed E-state index contributed by atoms with van der Waals surface area (Å²) in [6, 6.07) is 4.77. The van der Waals surface area contributed by atoms with E-state index in [-0.39, 0.29) is 5.82 Å². The molecule has 0 N–H and O–H groups in total. The average Bonchev–Trinajstić information content (AvgIpc) is 2.44. The molecular weight excluding hydrogens is 193 g/mol. The number of rotatable bonds is 2. The van der Waals surface area contributed by atoms with E-state index in [2.05, 4.69) is 0 Å². The summed E-state index contributed by atoms with van der Waals surface area (Å²) in [6.45, 7) is 4.50. The standard InChI is InChI=1S/C12H14FNO/c1-4-15-12-8(2)14(3)11-6-5-9(13)7-10(11)12/h5-7H,4H2,1-3H3. The molecule has 0 saturated carbocycles. The number of hydrogen-bond acceptors (Lipinski definition) is 1. The third-order valence-corrected chi connectivity index (χ3v) is 2.68. The van der Waals surface area contributed by atoms with Crippen LogP contribution in [0.1, 0.15) is 12.6 Å². The number of hydrogen-bond donors (Lipinski definition) is 0. The second kappa shape index (κ2) is 3.57. The number of fused-ring (bicyclic) bond motifs is 1. The molecule has 0 unspecified atom stereocenters. The molecule has 2 aromatic rings. The molecule has 0 saturated heterocycles. The van der Waals surface area contributed by atoms with Crippen LogP contribution >= 0.6 is 0 Å². The quantitative estimate of drug-likeness (QED) is 0.738. The normalized spacial score (nSPS) is 10.9. The van der Waals surface area contributed by atoms with Crippen molar-refractivity contribution >= 4 is 10.9 Å². The van der Waals surface area contributed by atoms with E-state index >= 15 is 0 Å². The molecule has 0 fully saturated rings. The van der Waals surface area contributed by atoms with Crippen molar-refractivity contribution in [2.75, 3.05) is 6.61 Å². The SMILES string of the molecule is CCOc1c(C)n(C)c2ccc(F)cc12. The largest absolute Gasteiger partial charge is 0.491 e. The summed E-state index contributed by atoms with van der Waals surface area (Å²) >= 11 is 0. The van der Waals surface area contributed by atoms with Gasteiger partial charge in [0.15, 0.2) is 0 Å². The molecule has 0 aliphatic rings. The van der Waals surface area contributed by atoms with Gasteiger partial charge in [0.1, 0.15) is 11.6 Å². The Balaban J connectivity index is 2.76. The molecule has 1 aromatic heterocycles. The maximum atomic E-state index is 13.1. The van der Waals surface area contributed by atoms with Crippen LogP contribution in [0.5, 0.6) is 5.75 Å². The van der Waals surface area contributed by atoms with Crippen LogP contribution in [0.4, 0.5) is 4.39 Å². The van der Waals surface area contributed by atoms with Gasteiger partial charge in [0.2, 0.25) is 0 Å². The molecule has 0 aliphatic heterocycles. The first-order valence-electron chi connectivity index (χ1n) is 5.02. The van der Waals surface area contributed by atoms with Gasteiger partial charge < -0.3 is 9.30 Å². The molecule has 2 nitrogen and oxygen atoms in total. The molecule has 0 spiro atoms. The van der Waals surface area contributed by atoms with E-state index in [4.69, 9.17) is 4.74 Å². The van der Waals surface area contributed by atoms with E-state index in [1.807, 2.05) is 25.5 Å². The van der Waals surface area contributed by atoms with Crippen LogP contribution in [0.15, 0.2) is 18.2 Å². The summed E-state index contributed by atoms with van der Waals surface area (Å²) in [7, 11) is 1.96. The second-order valence-electron chi connectivity index (χ2n) is 3.57. The lowest BCUT2D eigenvalue weighted by Gasteiger charge is -2.02. The summed E-state index contributed by atoms with van der Waals surface area (Å²) in [4.78, 5) is 0. The van der Waals surface area contributed by atoms with Gasteiger partial charge in [0, 0.05) is 12.4 Å². The molecule has 80 valence electrons. The zero-order chi connectivity index (χ0) is 11.0. The van der Waals surface area contributed by atoms with Crippen LogP contribution in [0.2, 0.25) is 0 Å². The van der Waals surface area contributed by atoms with Crippen molar-refractivity contribution in [3.63, 3.8) is 0 Å². The molecule has 0 atom stereocenters. The number of nitrogens with zero attached hydrogens (tertiary/aromatic N) is 1. The minimum atomic E-state index is -0.228. The third-order valence-electron chi connectivity index (χ3n) is 2.68. The first-order chi connectivity index (χ1) is 7.15. The van der Waals surface area contributed by atoms with Gasteiger partial charge >= 0.3 is 0 Å². The molecule has 0 bridgehead atoms. The van der Waals surface area contributed by atoms with Crippen LogP contribution in [-0.2, 0) is 7.05 Å². The van der Waals surface area contributed by atoms with Gasteiger partial charge in [0.25, 0.3) is 0 Å². The number of benzene rings is 1. The highest BCUT2D eigenvalue weighted by atomic mass is 19.1. The van der Waals surface area contributed by atoms with Crippen LogP contribution in [0, 0.1) is 12.7 Å². The first-order valence-corrected chi connectivity index (χ1v) is 5.02. The lowest BCUT2D eigenvalue weighted by Crippen LogP contribution is -1.94. The highest BCUT2D eigenvalue weighted by Gasteiger charge is 2.12. The molecule has 15 heavy (non-hydrogen) atoms. The number of ether oxygens (including phenoxy) is 1. The number of aromatic nitrogens is 1. The monoisotopic (exact) mass is 207 g/mol. The van der Waals surface area contributed by atoms with Gasteiger partial charge in [-0.25, -0.2) is 4.39 Å². The fourth-order valence-corrected chi connectivity index (χ4v) is 1.84. The van der Waals surface area contributed by atoms with Gasteiger partial charge in [-0.15, -0.1) is 0 Å². The molecule has 1 heterocycles. The summed E-state index contributed by atoms with van der Waals surface area (Å²) < 4.78 is 20.7. The second-order valence-corrected chi connectivity index (χ2v) is 3.57. The summed E-state index contributed by atoms with van der Waals surface area (Å²) in [5.74, 6) is 0.559. The smallest absolute Gasteiger partial charge is 0.147 e. The Morgan fingerprint density at radius 1 is 1.40 bits per heavy atom. The van der Waals surface area contributed by atoms with Crippen molar-refractivity contribution in [3.8, 4) is 5.75 Å². The van der Waals surface area contributed by atoms with Crippen molar-refractivity contribution in [3.05, 3.63) is 29.7 Å². The van der Waals surface area contributed by atoms with E-state index < -0.39 is 0 Å². The minimum absolute atomic E-state index is 0.228. The number of aryl methyl sites for hydroxylation is 1. The predicted octanol–water partition coefficient (Wildman–Crippen LogP) is 3.02. The van der Waals surface area contributed by atoms with Gasteiger partial charge in [-0.2, -0.15) is 0 Å². The molecule has 1 aromatic carbocycles. The Morgan fingerprint density at radius 3 is 2.80 bits per heavy atom. The highest BCUT2D eigenvalue weighted by molar-refractivity contribution is 5.88. The van der Waals surface area contributed by atoms with Crippen LogP contribution in [0.25, 0.3) is 10.9 Å². The topological polar surface area (TPSA) is 14.2 Å². The minimum Gasteiger partial charge on any atom is -0.491 e. The van der Waals surface area contributed by atoms with E-state index in [9.17, 15) is 4.39 Å². The van der Waals surface area contributed by atoms with Crippen LogP contribution in [0.3, 0.4) is 0 Å². The Kier molecular flexibility index (Phi) is 2.39. The predicted molar refractivity (Wildman–Crippen MR) is 58.8 cm³/mol. The Bertz CT molecular complexity index is 502. The molecule has 0 amide bonds. The molecule has 2 rings (SSSR count). The van der Waals surface area contributed by atoms with Gasteiger partial charge in [-0.05, 0) is 32.0 Å². The summed E-state index contributed by atoms with van der Waals surface area (Å²) in [5, 5.41) is 0.844. The van der Waals surface area contributed by atoms with Gasteiger partial charge in [0.05, 0.1) is 17.8 Å². The lowest BCUT2D eigenvalue weighted by atomic mass is 10.2. The average molecular weight is 207 g/mol. The number of halogens is 1. The van der Waals surface area contributed by atoms with E-state index in [1.54, 1.807) is 6.07 Å². The molecule has 0 radical (unpaired) electrons. The zero-order valence-electron chi connectivity index (χ0n) is 9.17. The van der Waals surface area contributed by atoms with Gasteiger partial charge in [-0.3, -0.25) is 0 Å². The maximum Gasteiger partial charge on any atom is 0.147 e.